The van der Waals surface area contributed by atoms with E-state index < -0.39 is 11.2 Å². The van der Waals surface area contributed by atoms with Gasteiger partial charge in [0.05, 0.1) is 11.2 Å². The summed E-state index contributed by atoms with van der Waals surface area (Å²) in [5.41, 5.74) is -0.872. The van der Waals surface area contributed by atoms with E-state index >= 15 is 0 Å². The zero-order valence-corrected chi connectivity index (χ0v) is 9.98. The number of hydrogen-bond acceptors (Lipinski definition) is 2. The van der Waals surface area contributed by atoms with Crippen molar-refractivity contribution in [3.05, 3.63) is 35.9 Å². The highest BCUT2D eigenvalue weighted by Crippen LogP contribution is 2.47. The predicted octanol–water partition coefficient (Wildman–Crippen LogP) is 2.46. The first-order valence-electron chi connectivity index (χ1n) is 5.97. The molecular formula is C14H20O2. The summed E-state index contributed by atoms with van der Waals surface area (Å²) in [5, 5.41) is 21.0. The Balaban J connectivity index is 2.31. The Hall–Kier alpha value is -0.860. The fourth-order valence-electron chi connectivity index (χ4n) is 2.89. The largest absolute Gasteiger partial charge is 0.387 e. The fraction of sp³-hybridized carbons (Fsp3) is 0.571. The van der Waals surface area contributed by atoms with Gasteiger partial charge in [-0.25, -0.2) is 0 Å². The molecular weight excluding hydrogens is 200 g/mol. The third kappa shape index (κ3) is 1.66. The molecule has 2 heteroatoms. The lowest BCUT2D eigenvalue weighted by Crippen LogP contribution is -2.51. The molecule has 0 aliphatic heterocycles. The van der Waals surface area contributed by atoms with E-state index in [1.165, 1.54) is 0 Å². The SMILES string of the molecule is CC(c1ccccc1)C1(O)CCCC1(C)O. The lowest BCUT2D eigenvalue weighted by molar-refractivity contribution is -0.131. The van der Waals surface area contributed by atoms with Crippen LogP contribution in [-0.4, -0.2) is 21.4 Å². The van der Waals surface area contributed by atoms with Gasteiger partial charge >= 0.3 is 0 Å². The zero-order valence-electron chi connectivity index (χ0n) is 9.98. The van der Waals surface area contributed by atoms with Crippen molar-refractivity contribution >= 4 is 0 Å². The maximum absolute atomic E-state index is 10.7. The molecule has 1 fully saturated rings. The highest BCUT2D eigenvalue weighted by Gasteiger charge is 2.53. The van der Waals surface area contributed by atoms with Crippen LogP contribution in [0.1, 0.15) is 44.6 Å². The van der Waals surface area contributed by atoms with Gasteiger partial charge in [-0.2, -0.15) is 0 Å². The molecule has 1 aromatic carbocycles. The van der Waals surface area contributed by atoms with Crippen LogP contribution >= 0.6 is 0 Å². The molecule has 16 heavy (non-hydrogen) atoms. The Morgan fingerprint density at radius 1 is 1.12 bits per heavy atom. The van der Waals surface area contributed by atoms with Crippen molar-refractivity contribution in [3.63, 3.8) is 0 Å². The Morgan fingerprint density at radius 2 is 1.75 bits per heavy atom. The van der Waals surface area contributed by atoms with Crippen LogP contribution in [0.15, 0.2) is 30.3 Å². The molecule has 0 heterocycles. The van der Waals surface area contributed by atoms with Crippen LogP contribution < -0.4 is 0 Å². The minimum absolute atomic E-state index is 0.0359. The predicted molar refractivity (Wildman–Crippen MR) is 64.3 cm³/mol. The van der Waals surface area contributed by atoms with Crippen molar-refractivity contribution in [2.45, 2.75) is 50.2 Å². The molecule has 1 aliphatic rings. The summed E-state index contributed by atoms with van der Waals surface area (Å²) in [5.74, 6) is -0.0359. The van der Waals surface area contributed by atoms with Crippen molar-refractivity contribution in [1.29, 1.82) is 0 Å². The highest BCUT2D eigenvalue weighted by molar-refractivity contribution is 5.25. The molecule has 1 aromatic rings. The molecule has 88 valence electrons. The molecule has 0 bridgehead atoms. The van der Waals surface area contributed by atoms with Gasteiger partial charge in [0, 0.05) is 5.92 Å². The first kappa shape index (κ1) is 11.6. The van der Waals surface area contributed by atoms with Crippen molar-refractivity contribution in [3.8, 4) is 0 Å². The van der Waals surface area contributed by atoms with Crippen molar-refractivity contribution in [2.75, 3.05) is 0 Å². The molecule has 3 unspecified atom stereocenters. The summed E-state index contributed by atoms with van der Waals surface area (Å²) in [4.78, 5) is 0. The molecule has 0 aromatic heterocycles. The van der Waals surface area contributed by atoms with Gasteiger partial charge in [0.25, 0.3) is 0 Å². The van der Waals surface area contributed by atoms with Gasteiger partial charge in [-0.3, -0.25) is 0 Å². The van der Waals surface area contributed by atoms with E-state index in [4.69, 9.17) is 0 Å². The summed E-state index contributed by atoms with van der Waals surface area (Å²) < 4.78 is 0. The lowest BCUT2D eigenvalue weighted by atomic mass is 9.74. The second-order valence-corrected chi connectivity index (χ2v) is 5.18. The number of benzene rings is 1. The Labute approximate surface area is 96.9 Å². The van der Waals surface area contributed by atoms with Crippen LogP contribution in [0.4, 0.5) is 0 Å². The number of rotatable bonds is 2. The second-order valence-electron chi connectivity index (χ2n) is 5.18. The Kier molecular flexibility index (Phi) is 2.81. The van der Waals surface area contributed by atoms with Gasteiger partial charge in [0.1, 0.15) is 0 Å². The van der Waals surface area contributed by atoms with Crippen molar-refractivity contribution in [1.82, 2.24) is 0 Å². The first-order valence-corrected chi connectivity index (χ1v) is 5.97. The number of aliphatic hydroxyl groups is 2. The molecule has 2 N–H and O–H groups in total. The van der Waals surface area contributed by atoms with Crippen LogP contribution in [0, 0.1) is 0 Å². The summed E-state index contributed by atoms with van der Waals surface area (Å²) in [6.07, 6.45) is 2.25. The van der Waals surface area contributed by atoms with Gasteiger partial charge < -0.3 is 10.2 Å². The Bertz CT molecular complexity index is 358. The van der Waals surface area contributed by atoms with E-state index in [-0.39, 0.29) is 5.92 Å². The number of hydrogen-bond donors (Lipinski definition) is 2. The molecule has 1 saturated carbocycles. The molecule has 0 amide bonds. The monoisotopic (exact) mass is 220 g/mol. The van der Waals surface area contributed by atoms with Crippen LogP contribution in [-0.2, 0) is 0 Å². The van der Waals surface area contributed by atoms with Gasteiger partial charge in [0.2, 0.25) is 0 Å². The summed E-state index contributed by atoms with van der Waals surface area (Å²) in [6, 6.07) is 9.93. The van der Waals surface area contributed by atoms with E-state index in [0.29, 0.717) is 12.8 Å². The van der Waals surface area contributed by atoms with E-state index in [9.17, 15) is 10.2 Å². The second kappa shape index (κ2) is 3.86. The van der Waals surface area contributed by atoms with Crippen molar-refractivity contribution < 1.29 is 10.2 Å². The molecule has 3 atom stereocenters. The minimum Gasteiger partial charge on any atom is -0.387 e. The highest BCUT2D eigenvalue weighted by atomic mass is 16.4. The topological polar surface area (TPSA) is 40.5 Å². The van der Waals surface area contributed by atoms with Crippen LogP contribution in [0.2, 0.25) is 0 Å². The van der Waals surface area contributed by atoms with Crippen LogP contribution in [0.5, 0.6) is 0 Å². The Morgan fingerprint density at radius 3 is 2.25 bits per heavy atom. The normalized spacial score (nSPS) is 36.2. The minimum atomic E-state index is -0.992. The van der Waals surface area contributed by atoms with E-state index in [0.717, 1.165) is 12.0 Å². The van der Waals surface area contributed by atoms with Crippen molar-refractivity contribution in [2.24, 2.45) is 0 Å². The van der Waals surface area contributed by atoms with Gasteiger partial charge in [-0.15, -0.1) is 0 Å². The van der Waals surface area contributed by atoms with Gasteiger partial charge in [0.15, 0.2) is 0 Å². The average Bonchev–Trinajstić information content (AvgIpc) is 2.55. The van der Waals surface area contributed by atoms with E-state index in [2.05, 4.69) is 0 Å². The quantitative estimate of drug-likeness (QED) is 0.803. The fourth-order valence-corrected chi connectivity index (χ4v) is 2.89. The van der Waals surface area contributed by atoms with E-state index in [1.807, 2.05) is 37.3 Å². The smallest absolute Gasteiger partial charge is 0.0995 e. The molecule has 0 radical (unpaired) electrons. The lowest BCUT2D eigenvalue weighted by Gasteiger charge is -2.40. The standard InChI is InChI=1S/C14H20O2/c1-11(12-7-4-3-5-8-12)14(16)10-6-9-13(14,2)15/h3-5,7-8,11,15-16H,6,9-10H2,1-2H3. The van der Waals surface area contributed by atoms with Crippen LogP contribution in [0.3, 0.4) is 0 Å². The van der Waals surface area contributed by atoms with Gasteiger partial charge in [-0.1, -0.05) is 37.3 Å². The summed E-state index contributed by atoms with van der Waals surface area (Å²) in [6.45, 7) is 3.74. The first-order chi connectivity index (χ1) is 7.47. The van der Waals surface area contributed by atoms with Crippen LogP contribution in [0.25, 0.3) is 0 Å². The average molecular weight is 220 g/mol. The maximum Gasteiger partial charge on any atom is 0.0995 e. The zero-order chi connectivity index (χ0) is 11.8. The molecule has 0 spiro atoms. The third-order valence-electron chi connectivity index (χ3n) is 4.17. The molecule has 1 aliphatic carbocycles. The molecule has 2 rings (SSSR count). The summed E-state index contributed by atoms with van der Waals surface area (Å²) in [7, 11) is 0. The summed E-state index contributed by atoms with van der Waals surface area (Å²) >= 11 is 0. The maximum atomic E-state index is 10.7. The molecule has 2 nitrogen and oxygen atoms in total. The van der Waals surface area contributed by atoms with Gasteiger partial charge in [-0.05, 0) is 31.7 Å². The molecule has 0 saturated heterocycles. The third-order valence-corrected chi connectivity index (χ3v) is 4.17. The van der Waals surface area contributed by atoms with E-state index in [1.54, 1.807) is 6.92 Å².